The highest BCUT2D eigenvalue weighted by atomic mass is 19.4. The van der Waals surface area contributed by atoms with E-state index in [4.69, 9.17) is 4.74 Å². The Hall–Kier alpha value is -3.69. The first kappa shape index (κ1) is 25.9. The van der Waals surface area contributed by atoms with Gasteiger partial charge in [0.25, 0.3) is 0 Å². The predicted molar refractivity (Wildman–Crippen MR) is 117 cm³/mol. The highest BCUT2D eigenvalue weighted by Gasteiger charge is 2.23. The van der Waals surface area contributed by atoms with E-state index >= 15 is 0 Å². The number of ether oxygens (including phenoxy) is 1. The van der Waals surface area contributed by atoms with Crippen LogP contribution in [-0.2, 0) is 6.42 Å². The number of halogens is 6. The summed E-state index contributed by atoms with van der Waals surface area (Å²) in [4.78, 5) is 20.7. The van der Waals surface area contributed by atoms with E-state index in [1.54, 1.807) is 12.4 Å². The van der Waals surface area contributed by atoms with Gasteiger partial charge in [-0.2, -0.15) is 13.2 Å². The van der Waals surface area contributed by atoms with Crippen molar-refractivity contribution >= 4 is 12.0 Å². The molecule has 1 aromatic heterocycles. The minimum atomic E-state index is -4.77. The van der Waals surface area contributed by atoms with Gasteiger partial charge in [0, 0.05) is 41.7 Å². The number of aromatic nitrogens is 2. The normalized spacial score (nSPS) is 11.7. The van der Waals surface area contributed by atoms with E-state index in [1.807, 2.05) is 0 Å². The fourth-order valence-electron chi connectivity index (χ4n) is 3.15. The second-order valence-corrected chi connectivity index (χ2v) is 7.63. The van der Waals surface area contributed by atoms with E-state index in [2.05, 4.69) is 16.9 Å². The van der Waals surface area contributed by atoms with Gasteiger partial charge >= 0.3 is 12.1 Å². The van der Waals surface area contributed by atoms with Crippen molar-refractivity contribution in [2.45, 2.75) is 38.8 Å². The van der Waals surface area contributed by atoms with Gasteiger partial charge in [0.05, 0.1) is 5.56 Å². The molecule has 0 N–H and O–H groups in total. The van der Waals surface area contributed by atoms with Crippen LogP contribution in [-0.4, -0.2) is 22.1 Å². The predicted octanol–water partition coefficient (Wildman–Crippen LogP) is 7.09. The van der Waals surface area contributed by atoms with Crippen LogP contribution in [0.4, 0.5) is 26.3 Å². The number of hydrogen-bond donors (Lipinski definition) is 0. The van der Waals surface area contributed by atoms with Crippen molar-refractivity contribution in [3.05, 3.63) is 82.9 Å². The lowest BCUT2D eigenvalue weighted by molar-refractivity contribution is -0.0790. The van der Waals surface area contributed by atoms with Crippen LogP contribution in [0.3, 0.4) is 0 Å². The average molecular weight is 494 g/mol. The molecule has 0 spiro atoms. The summed E-state index contributed by atoms with van der Waals surface area (Å²) < 4.78 is 84.2. The highest BCUT2D eigenvalue weighted by Crippen LogP contribution is 2.26. The molecule has 0 aliphatic rings. The molecule has 2 aromatic carbocycles. The van der Waals surface area contributed by atoms with Crippen LogP contribution in [0.2, 0.25) is 0 Å². The van der Waals surface area contributed by atoms with E-state index in [-0.39, 0.29) is 18.0 Å². The number of aryl methyl sites for hydroxylation is 1. The van der Waals surface area contributed by atoms with Gasteiger partial charge in [-0.1, -0.05) is 25.8 Å². The molecule has 10 heteroatoms. The van der Waals surface area contributed by atoms with Crippen molar-refractivity contribution in [2.24, 2.45) is 0 Å². The third-order valence-electron chi connectivity index (χ3n) is 4.92. The van der Waals surface area contributed by atoms with E-state index in [0.717, 1.165) is 43.4 Å². The number of benzene rings is 2. The van der Waals surface area contributed by atoms with Gasteiger partial charge in [0.15, 0.2) is 5.82 Å². The van der Waals surface area contributed by atoms with Crippen LogP contribution in [0.5, 0.6) is 5.75 Å². The van der Waals surface area contributed by atoms with Crippen molar-refractivity contribution in [2.75, 3.05) is 0 Å². The molecular weight excluding hydrogens is 474 g/mol. The summed E-state index contributed by atoms with van der Waals surface area (Å²) in [7, 11) is 0. The summed E-state index contributed by atoms with van der Waals surface area (Å²) in [5, 5.41) is 0. The van der Waals surface area contributed by atoms with Crippen molar-refractivity contribution < 1.29 is 35.9 Å². The molecule has 0 saturated heterocycles. The van der Waals surface area contributed by atoms with Crippen LogP contribution in [0.1, 0.15) is 47.7 Å². The largest absolute Gasteiger partial charge is 0.423 e. The van der Waals surface area contributed by atoms with Crippen molar-refractivity contribution in [1.29, 1.82) is 0 Å². The number of nitrogens with zero attached hydrogens (tertiary/aromatic N) is 2. The fraction of sp³-hybridized carbons (Fsp3) is 0.240. The first-order valence-electron chi connectivity index (χ1n) is 10.7. The maximum Gasteiger partial charge on any atom is 0.409 e. The summed E-state index contributed by atoms with van der Waals surface area (Å²) in [6.07, 6.45) is 2.41. The van der Waals surface area contributed by atoms with E-state index in [0.29, 0.717) is 17.7 Å². The number of unbranched alkanes of at least 4 members (excludes halogenated alkanes) is 2. The average Bonchev–Trinajstić information content (AvgIpc) is 2.78. The second-order valence-electron chi connectivity index (χ2n) is 7.63. The Bertz CT molecular complexity index is 1200. The summed E-state index contributed by atoms with van der Waals surface area (Å²) in [6, 6.07) is 4.57. The lowest BCUT2D eigenvalue weighted by Gasteiger charge is -2.09. The zero-order valence-electron chi connectivity index (χ0n) is 18.5. The van der Waals surface area contributed by atoms with Crippen molar-refractivity contribution in [3.63, 3.8) is 0 Å². The molecule has 3 rings (SSSR count). The first-order valence-corrected chi connectivity index (χ1v) is 10.7. The van der Waals surface area contributed by atoms with Crippen molar-refractivity contribution in [3.8, 4) is 17.1 Å². The standard InChI is InChI=1S/C25H20F6N2O2/c1-2-3-4-5-15-13-32-23(33-14-15)16-6-7-19(20(26)10-16)24(34)35-17-11-21(27)18(22(28)12-17)8-9-25(29,30)31/h6-14H,2-5H2,1H3. The van der Waals surface area contributed by atoms with Crippen molar-refractivity contribution in [1.82, 2.24) is 9.97 Å². The molecule has 0 unspecified atom stereocenters. The SMILES string of the molecule is CCCCCc1cnc(-c2ccc(C(=O)Oc3cc(F)c(C=CC(F)(F)F)c(F)c3)c(F)c2)nc1. The number of esters is 1. The summed E-state index contributed by atoms with van der Waals surface area (Å²) in [6.45, 7) is 2.10. The minimum absolute atomic E-state index is 0.217. The second kappa shape index (κ2) is 11.2. The molecule has 0 fully saturated rings. The number of hydrogen-bond acceptors (Lipinski definition) is 4. The lowest BCUT2D eigenvalue weighted by atomic mass is 10.1. The van der Waals surface area contributed by atoms with Gasteiger partial charge in [-0.25, -0.2) is 27.9 Å². The topological polar surface area (TPSA) is 52.1 Å². The molecule has 1 heterocycles. The van der Waals surface area contributed by atoms with Gasteiger partial charge in [-0.15, -0.1) is 0 Å². The van der Waals surface area contributed by atoms with Crippen LogP contribution in [0.15, 0.2) is 48.8 Å². The molecule has 0 saturated carbocycles. The zero-order valence-corrected chi connectivity index (χ0v) is 18.5. The molecule has 0 atom stereocenters. The number of carbonyl (C=O) groups excluding carboxylic acids is 1. The van der Waals surface area contributed by atoms with Gasteiger partial charge in [-0.3, -0.25) is 0 Å². The Morgan fingerprint density at radius 1 is 0.971 bits per heavy atom. The molecule has 35 heavy (non-hydrogen) atoms. The fourth-order valence-corrected chi connectivity index (χ4v) is 3.15. The molecule has 0 radical (unpaired) electrons. The quantitative estimate of drug-likeness (QED) is 0.145. The van der Waals surface area contributed by atoms with Gasteiger partial charge in [0.1, 0.15) is 23.2 Å². The first-order chi connectivity index (χ1) is 16.6. The Labute approximate surface area is 197 Å². The Kier molecular flexibility index (Phi) is 8.26. The smallest absolute Gasteiger partial charge is 0.409 e. The zero-order chi connectivity index (χ0) is 25.6. The number of allylic oxidation sites excluding steroid dienone is 1. The molecule has 0 bridgehead atoms. The molecular formula is C25H20F6N2O2. The third kappa shape index (κ3) is 7.14. The Morgan fingerprint density at radius 3 is 2.20 bits per heavy atom. The van der Waals surface area contributed by atoms with Gasteiger partial charge < -0.3 is 4.74 Å². The highest BCUT2D eigenvalue weighted by molar-refractivity contribution is 5.92. The molecule has 0 aliphatic carbocycles. The van der Waals surface area contributed by atoms with Crippen LogP contribution >= 0.6 is 0 Å². The number of carbonyl (C=O) groups is 1. The monoisotopic (exact) mass is 494 g/mol. The summed E-state index contributed by atoms with van der Waals surface area (Å²) >= 11 is 0. The maximum atomic E-state index is 14.6. The maximum absolute atomic E-state index is 14.6. The Morgan fingerprint density at radius 2 is 1.63 bits per heavy atom. The van der Waals surface area contributed by atoms with Crippen LogP contribution < -0.4 is 4.74 Å². The van der Waals surface area contributed by atoms with E-state index in [1.165, 1.54) is 6.07 Å². The van der Waals surface area contributed by atoms with Gasteiger partial charge in [0.2, 0.25) is 0 Å². The van der Waals surface area contributed by atoms with Crippen LogP contribution in [0, 0.1) is 17.5 Å². The van der Waals surface area contributed by atoms with E-state index in [9.17, 15) is 31.1 Å². The lowest BCUT2D eigenvalue weighted by Crippen LogP contribution is -2.11. The molecule has 0 aliphatic heterocycles. The van der Waals surface area contributed by atoms with E-state index < -0.39 is 46.5 Å². The molecule has 0 amide bonds. The third-order valence-corrected chi connectivity index (χ3v) is 4.92. The molecule has 184 valence electrons. The number of alkyl halides is 3. The molecule has 3 aromatic rings. The van der Waals surface area contributed by atoms with Crippen LogP contribution in [0.25, 0.3) is 17.5 Å². The minimum Gasteiger partial charge on any atom is -0.423 e. The van der Waals surface area contributed by atoms with Gasteiger partial charge in [-0.05, 0) is 36.6 Å². The molecule has 4 nitrogen and oxygen atoms in total. The Balaban J connectivity index is 1.73. The summed E-state index contributed by atoms with van der Waals surface area (Å²) in [5.74, 6) is -5.40. The summed E-state index contributed by atoms with van der Waals surface area (Å²) in [5.41, 5.74) is -0.236. The number of rotatable bonds is 8.